The van der Waals surface area contributed by atoms with Crippen molar-refractivity contribution in [3.8, 4) is 11.5 Å². The fraction of sp³-hybridized carbons (Fsp3) is 0.360. The Hall–Kier alpha value is -2.99. The first kappa shape index (κ1) is 22.2. The fourth-order valence-electron chi connectivity index (χ4n) is 4.27. The number of carbonyl (C=O) groups is 1. The highest BCUT2D eigenvalue weighted by molar-refractivity contribution is 6.32. The van der Waals surface area contributed by atoms with Crippen LogP contribution in [-0.2, 0) is 0 Å². The van der Waals surface area contributed by atoms with Gasteiger partial charge >= 0.3 is 0 Å². The monoisotopic (exact) mass is 455 g/mol. The van der Waals surface area contributed by atoms with E-state index in [0.29, 0.717) is 39.6 Å². The molecule has 1 aliphatic heterocycles. The van der Waals surface area contributed by atoms with E-state index in [4.69, 9.17) is 25.5 Å². The predicted octanol–water partition coefficient (Wildman–Crippen LogP) is 5.51. The van der Waals surface area contributed by atoms with Crippen LogP contribution in [0.15, 0.2) is 39.5 Å². The highest BCUT2D eigenvalue weighted by atomic mass is 35.5. The minimum absolute atomic E-state index is 0.0977. The van der Waals surface area contributed by atoms with E-state index in [1.807, 2.05) is 19.1 Å². The molecule has 1 unspecified atom stereocenters. The van der Waals surface area contributed by atoms with Gasteiger partial charge in [0, 0.05) is 11.6 Å². The molecule has 0 fully saturated rings. The van der Waals surface area contributed by atoms with E-state index in [0.717, 1.165) is 30.4 Å². The van der Waals surface area contributed by atoms with Gasteiger partial charge in [-0.3, -0.25) is 9.59 Å². The predicted molar refractivity (Wildman–Crippen MR) is 124 cm³/mol. The number of halogens is 1. The number of unbranched alkanes of at least 4 members (excludes halogenated alkanes) is 2. The summed E-state index contributed by atoms with van der Waals surface area (Å²) < 4.78 is 16.8. The number of methoxy groups -OCH3 is 2. The highest BCUT2D eigenvalue weighted by Gasteiger charge is 2.42. The summed E-state index contributed by atoms with van der Waals surface area (Å²) in [6, 6.07) is 8.20. The maximum Gasteiger partial charge on any atom is 0.290 e. The van der Waals surface area contributed by atoms with Gasteiger partial charge in [-0.1, -0.05) is 37.4 Å². The molecule has 0 spiro atoms. The molecule has 32 heavy (non-hydrogen) atoms. The Morgan fingerprint density at radius 1 is 1.06 bits per heavy atom. The number of hydrogen-bond donors (Lipinski definition) is 0. The lowest BCUT2D eigenvalue weighted by Gasteiger charge is -2.25. The lowest BCUT2D eigenvalue weighted by molar-refractivity contribution is 0.0724. The van der Waals surface area contributed by atoms with Gasteiger partial charge < -0.3 is 18.8 Å². The number of carbonyl (C=O) groups excluding carboxylic acids is 1. The third-order valence-electron chi connectivity index (χ3n) is 5.97. The third kappa shape index (κ3) is 3.62. The van der Waals surface area contributed by atoms with Gasteiger partial charge in [0.15, 0.2) is 16.9 Å². The van der Waals surface area contributed by atoms with Crippen LogP contribution in [0.3, 0.4) is 0 Å². The van der Waals surface area contributed by atoms with Crippen LogP contribution in [0, 0.1) is 6.92 Å². The normalized spacial score (nSPS) is 15.3. The molecule has 2 aromatic carbocycles. The number of hydrogen-bond acceptors (Lipinski definition) is 5. The van der Waals surface area contributed by atoms with Crippen molar-refractivity contribution in [2.45, 2.75) is 39.2 Å². The van der Waals surface area contributed by atoms with Crippen LogP contribution >= 0.6 is 11.6 Å². The maximum absolute atomic E-state index is 13.6. The van der Waals surface area contributed by atoms with E-state index in [-0.39, 0.29) is 17.1 Å². The van der Waals surface area contributed by atoms with E-state index in [2.05, 4.69) is 6.92 Å². The van der Waals surface area contributed by atoms with Crippen molar-refractivity contribution in [1.82, 2.24) is 4.90 Å². The molecule has 1 atom stereocenters. The molecule has 2 heterocycles. The zero-order valence-corrected chi connectivity index (χ0v) is 19.4. The van der Waals surface area contributed by atoms with E-state index < -0.39 is 6.04 Å². The first-order valence-corrected chi connectivity index (χ1v) is 11.1. The number of ether oxygens (including phenoxy) is 2. The zero-order valence-electron chi connectivity index (χ0n) is 18.7. The zero-order chi connectivity index (χ0) is 23.0. The summed E-state index contributed by atoms with van der Waals surface area (Å²) in [6.07, 6.45) is 2.84. The first-order chi connectivity index (χ1) is 15.4. The van der Waals surface area contributed by atoms with E-state index in [1.54, 1.807) is 37.3 Å². The van der Waals surface area contributed by atoms with Crippen molar-refractivity contribution in [2.75, 3.05) is 20.8 Å². The molecule has 4 rings (SSSR count). The summed E-state index contributed by atoms with van der Waals surface area (Å²) in [5.41, 5.74) is 2.01. The van der Waals surface area contributed by atoms with Crippen molar-refractivity contribution in [3.05, 3.63) is 68.0 Å². The molecule has 1 aliphatic rings. The molecular weight excluding hydrogens is 430 g/mol. The maximum atomic E-state index is 13.6. The van der Waals surface area contributed by atoms with Crippen LogP contribution < -0.4 is 14.9 Å². The van der Waals surface area contributed by atoms with Crippen molar-refractivity contribution in [3.63, 3.8) is 0 Å². The van der Waals surface area contributed by atoms with Gasteiger partial charge in [-0.15, -0.1) is 0 Å². The molecule has 0 bridgehead atoms. The molecule has 0 saturated heterocycles. The molecule has 0 saturated carbocycles. The standard InChI is InChI=1S/C25H26ClNO5/c1-5-6-7-10-27-22(15-8-9-18(30-3)20(12-15)31-4)21-23(28)16-13-17(26)14(2)11-19(16)32-24(21)25(27)29/h8-9,11-13,22H,5-7,10H2,1-4H3. The quantitative estimate of drug-likeness (QED) is 0.439. The van der Waals surface area contributed by atoms with Gasteiger partial charge in [-0.2, -0.15) is 0 Å². The SMILES string of the molecule is CCCCCN1C(=O)c2oc3cc(C)c(Cl)cc3c(=O)c2C1c1ccc(OC)c(OC)c1. The smallest absolute Gasteiger partial charge is 0.290 e. The Morgan fingerprint density at radius 2 is 1.81 bits per heavy atom. The average Bonchev–Trinajstić information content (AvgIpc) is 3.07. The largest absolute Gasteiger partial charge is 0.493 e. The number of aryl methyl sites for hydroxylation is 1. The number of amides is 1. The van der Waals surface area contributed by atoms with Crippen LogP contribution in [0.5, 0.6) is 11.5 Å². The van der Waals surface area contributed by atoms with Gasteiger partial charge in [0.05, 0.1) is 31.2 Å². The molecule has 0 aliphatic carbocycles. The average molecular weight is 456 g/mol. The lowest BCUT2D eigenvalue weighted by atomic mass is 9.97. The fourth-order valence-corrected chi connectivity index (χ4v) is 4.44. The number of rotatable bonds is 7. The Bertz CT molecular complexity index is 1250. The molecule has 0 N–H and O–H groups in total. The Morgan fingerprint density at radius 3 is 2.50 bits per heavy atom. The van der Waals surface area contributed by atoms with Crippen LogP contribution in [0.25, 0.3) is 11.0 Å². The molecule has 7 heteroatoms. The topological polar surface area (TPSA) is 69.0 Å². The van der Waals surface area contributed by atoms with Gasteiger partial charge in [0.2, 0.25) is 5.76 Å². The second-order valence-corrected chi connectivity index (χ2v) is 8.40. The summed E-state index contributed by atoms with van der Waals surface area (Å²) in [7, 11) is 3.12. The van der Waals surface area contributed by atoms with Crippen LogP contribution in [0.4, 0.5) is 0 Å². The second-order valence-electron chi connectivity index (χ2n) is 7.99. The van der Waals surface area contributed by atoms with Gasteiger partial charge in [0.25, 0.3) is 5.91 Å². The molecule has 0 radical (unpaired) electrons. The minimum atomic E-state index is -0.574. The van der Waals surface area contributed by atoms with Crippen LogP contribution in [0.2, 0.25) is 5.02 Å². The van der Waals surface area contributed by atoms with E-state index in [1.165, 1.54) is 0 Å². The Kier molecular flexibility index (Phi) is 6.15. The molecular formula is C25H26ClNO5. The van der Waals surface area contributed by atoms with Crippen molar-refractivity contribution >= 4 is 28.5 Å². The molecule has 1 aromatic heterocycles. The van der Waals surface area contributed by atoms with Gasteiger partial charge in [0.1, 0.15) is 5.58 Å². The highest BCUT2D eigenvalue weighted by Crippen LogP contribution is 2.41. The Balaban J connectivity index is 1.94. The summed E-state index contributed by atoms with van der Waals surface area (Å²) >= 11 is 6.29. The van der Waals surface area contributed by atoms with Crippen molar-refractivity contribution in [2.24, 2.45) is 0 Å². The van der Waals surface area contributed by atoms with E-state index >= 15 is 0 Å². The van der Waals surface area contributed by atoms with Crippen molar-refractivity contribution in [1.29, 1.82) is 0 Å². The molecule has 168 valence electrons. The van der Waals surface area contributed by atoms with Gasteiger partial charge in [-0.05, 0) is 48.7 Å². The number of fused-ring (bicyclic) bond motifs is 2. The summed E-state index contributed by atoms with van der Waals surface area (Å²) in [5, 5.41) is 0.851. The van der Waals surface area contributed by atoms with Crippen LogP contribution in [0.1, 0.15) is 59.5 Å². The van der Waals surface area contributed by atoms with E-state index in [9.17, 15) is 9.59 Å². The third-order valence-corrected chi connectivity index (χ3v) is 6.38. The molecule has 1 amide bonds. The number of nitrogens with zero attached hydrogens (tertiary/aromatic N) is 1. The van der Waals surface area contributed by atoms with Crippen molar-refractivity contribution < 1.29 is 18.7 Å². The summed E-state index contributed by atoms with van der Waals surface area (Å²) in [5.74, 6) is 0.928. The number of benzene rings is 2. The molecule has 3 aromatic rings. The summed E-state index contributed by atoms with van der Waals surface area (Å²) in [6.45, 7) is 4.46. The first-order valence-electron chi connectivity index (χ1n) is 10.7. The van der Waals surface area contributed by atoms with Crippen LogP contribution in [-0.4, -0.2) is 31.6 Å². The summed E-state index contributed by atoms with van der Waals surface area (Å²) in [4.78, 5) is 28.7. The van der Waals surface area contributed by atoms with Gasteiger partial charge in [-0.25, -0.2) is 0 Å². The molecule has 6 nitrogen and oxygen atoms in total. The minimum Gasteiger partial charge on any atom is -0.493 e. The lowest BCUT2D eigenvalue weighted by Crippen LogP contribution is -2.30. The Labute approximate surface area is 191 Å². The second kappa shape index (κ2) is 8.87.